The zero-order valence-corrected chi connectivity index (χ0v) is 13.9. The number of nitrogens with zero attached hydrogens (tertiary/aromatic N) is 5. The van der Waals surface area contributed by atoms with Gasteiger partial charge in [-0.1, -0.05) is 42.5 Å². The first-order chi connectivity index (χ1) is 13.3. The van der Waals surface area contributed by atoms with Crippen molar-refractivity contribution in [2.45, 2.75) is 0 Å². The summed E-state index contributed by atoms with van der Waals surface area (Å²) in [5, 5.41) is 16.2. The van der Waals surface area contributed by atoms with Crippen LogP contribution in [0.5, 0.6) is 5.75 Å². The van der Waals surface area contributed by atoms with Gasteiger partial charge in [-0.2, -0.15) is 0 Å². The van der Waals surface area contributed by atoms with Crippen LogP contribution in [0.3, 0.4) is 0 Å². The van der Waals surface area contributed by atoms with Gasteiger partial charge in [0.25, 0.3) is 0 Å². The summed E-state index contributed by atoms with van der Waals surface area (Å²) in [7, 11) is 0. The summed E-state index contributed by atoms with van der Waals surface area (Å²) >= 11 is 0. The molecule has 0 aliphatic rings. The number of H-pyrrole nitrogens is 1. The molecule has 0 unspecified atom stereocenters. The van der Waals surface area contributed by atoms with Crippen molar-refractivity contribution in [1.29, 1.82) is 0 Å². The van der Waals surface area contributed by atoms with Crippen LogP contribution in [0.2, 0.25) is 0 Å². The summed E-state index contributed by atoms with van der Waals surface area (Å²) in [6, 6.07) is 16.6. The second kappa shape index (κ2) is 7.40. The molecular formula is C18H13N7O2. The molecule has 0 aliphatic carbocycles. The maximum atomic E-state index is 12.1. The predicted molar refractivity (Wildman–Crippen MR) is 96.7 cm³/mol. The third-order valence-electron chi connectivity index (χ3n) is 3.60. The van der Waals surface area contributed by atoms with Crippen LogP contribution >= 0.6 is 0 Å². The van der Waals surface area contributed by atoms with E-state index in [1.807, 2.05) is 36.4 Å². The van der Waals surface area contributed by atoms with Crippen molar-refractivity contribution in [2.75, 3.05) is 5.32 Å². The molecule has 9 nitrogen and oxygen atoms in total. The number of aromatic nitrogens is 6. The van der Waals surface area contributed by atoms with Gasteiger partial charge >= 0.3 is 6.09 Å². The van der Waals surface area contributed by atoms with E-state index in [0.717, 1.165) is 11.1 Å². The standard InChI is InChI=1S/C18H13N7O2/c26-18(21-14-8-4-7-13(9-14)17-22-24-25-23-17)27-15-10-19-16(20-11-15)12-5-2-1-3-6-12/h1-11H,(H,21,26)(H,22,23,24,25). The number of tetrazole rings is 1. The Morgan fingerprint density at radius 2 is 1.74 bits per heavy atom. The number of carbonyl (C=O) groups is 1. The highest BCUT2D eigenvalue weighted by Gasteiger charge is 2.09. The van der Waals surface area contributed by atoms with E-state index < -0.39 is 6.09 Å². The number of hydrogen-bond donors (Lipinski definition) is 2. The van der Waals surface area contributed by atoms with Crippen molar-refractivity contribution in [3.63, 3.8) is 0 Å². The van der Waals surface area contributed by atoms with Gasteiger partial charge in [0.2, 0.25) is 0 Å². The Kier molecular flexibility index (Phi) is 4.48. The van der Waals surface area contributed by atoms with E-state index in [9.17, 15) is 4.79 Å². The molecule has 0 radical (unpaired) electrons. The van der Waals surface area contributed by atoms with E-state index in [-0.39, 0.29) is 5.75 Å². The van der Waals surface area contributed by atoms with E-state index in [2.05, 4.69) is 35.9 Å². The van der Waals surface area contributed by atoms with Crippen LogP contribution in [0.4, 0.5) is 10.5 Å². The van der Waals surface area contributed by atoms with Crippen LogP contribution in [0, 0.1) is 0 Å². The molecule has 0 spiro atoms. The molecule has 1 amide bonds. The van der Waals surface area contributed by atoms with Crippen LogP contribution in [0.1, 0.15) is 0 Å². The van der Waals surface area contributed by atoms with Crippen LogP contribution in [0.15, 0.2) is 67.0 Å². The minimum atomic E-state index is -0.654. The lowest BCUT2D eigenvalue weighted by Gasteiger charge is -2.07. The van der Waals surface area contributed by atoms with Crippen LogP contribution < -0.4 is 10.1 Å². The smallest absolute Gasteiger partial charge is 0.407 e. The average molecular weight is 359 g/mol. The molecule has 0 fully saturated rings. The lowest BCUT2D eigenvalue weighted by atomic mass is 10.2. The molecule has 2 N–H and O–H groups in total. The molecule has 2 aromatic carbocycles. The second-order valence-corrected chi connectivity index (χ2v) is 5.45. The van der Waals surface area contributed by atoms with E-state index in [0.29, 0.717) is 17.3 Å². The van der Waals surface area contributed by atoms with Gasteiger partial charge in [0.1, 0.15) is 0 Å². The molecular weight excluding hydrogens is 346 g/mol. The Bertz CT molecular complexity index is 1040. The number of amides is 1. The average Bonchev–Trinajstić information content (AvgIpc) is 3.24. The first kappa shape index (κ1) is 16.3. The molecule has 0 saturated heterocycles. The van der Waals surface area contributed by atoms with E-state index in [4.69, 9.17) is 4.74 Å². The largest absolute Gasteiger partial charge is 0.417 e. The third-order valence-corrected chi connectivity index (χ3v) is 3.60. The van der Waals surface area contributed by atoms with Gasteiger partial charge in [0, 0.05) is 16.8 Å². The minimum absolute atomic E-state index is 0.239. The number of nitrogens with one attached hydrogen (secondary N) is 2. The van der Waals surface area contributed by atoms with Gasteiger partial charge in [-0.05, 0) is 22.6 Å². The normalized spacial score (nSPS) is 10.4. The van der Waals surface area contributed by atoms with E-state index >= 15 is 0 Å². The summed E-state index contributed by atoms with van der Waals surface area (Å²) in [6.07, 6.45) is 2.25. The van der Waals surface area contributed by atoms with Gasteiger partial charge in [-0.3, -0.25) is 5.32 Å². The Hall–Kier alpha value is -4.14. The van der Waals surface area contributed by atoms with Crippen LogP contribution in [-0.2, 0) is 0 Å². The van der Waals surface area contributed by atoms with Crippen molar-refractivity contribution in [3.8, 4) is 28.5 Å². The summed E-state index contributed by atoms with van der Waals surface area (Å²) in [6.45, 7) is 0. The van der Waals surface area contributed by atoms with Gasteiger partial charge in [-0.25, -0.2) is 19.9 Å². The van der Waals surface area contributed by atoms with Crippen molar-refractivity contribution >= 4 is 11.8 Å². The van der Waals surface area contributed by atoms with Gasteiger partial charge < -0.3 is 4.74 Å². The van der Waals surface area contributed by atoms with Crippen LogP contribution in [0.25, 0.3) is 22.8 Å². The first-order valence-electron chi connectivity index (χ1n) is 7.98. The van der Waals surface area contributed by atoms with Gasteiger partial charge in [-0.15, -0.1) is 5.10 Å². The molecule has 0 bridgehead atoms. The zero-order chi connectivity index (χ0) is 18.5. The first-order valence-corrected chi connectivity index (χ1v) is 7.98. The Balaban J connectivity index is 1.42. The number of hydrogen-bond acceptors (Lipinski definition) is 7. The number of carbonyl (C=O) groups excluding carboxylic acids is 1. The zero-order valence-electron chi connectivity index (χ0n) is 13.9. The summed E-state index contributed by atoms with van der Waals surface area (Å²) in [5.74, 6) is 1.29. The number of benzene rings is 2. The van der Waals surface area contributed by atoms with E-state index in [1.54, 1.807) is 18.2 Å². The number of ether oxygens (including phenoxy) is 1. The molecule has 0 atom stereocenters. The number of aromatic amines is 1. The minimum Gasteiger partial charge on any atom is -0.407 e. The highest BCUT2D eigenvalue weighted by molar-refractivity contribution is 5.87. The molecule has 4 rings (SSSR count). The van der Waals surface area contributed by atoms with Crippen LogP contribution in [-0.4, -0.2) is 36.7 Å². The topological polar surface area (TPSA) is 119 Å². The van der Waals surface area contributed by atoms with Crippen molar-refractivity contribution < 1.29 is 9.53 Å². The quantitative estimate of drug-likeness (QED) is 0.575. The lowest BCUT2D eigenvalue weighted by molar-refractivity contribution is 0.215. The maximum Gasteiger partial charge on any atom is 0.417 e. The SMILES string of the molecule is O=C(Nc1cccc(-c2nnn[nH]2)c1)Oc1cnc(-c2ccccc2)nc1. The molecule has 132 valence electrons. The third kappa shape index (κ3) is 3.93. The van der Waals surface area contributed by atoms with Crippen molar-refractivity contribution in [3.05, 3.63) is 67.0 Å². The second-order valence-electron chi connectivity index (χ2n) is 5.45. The molecule has 4 aromatic rings. The molecule has 0 saturated carbocycles. The highest BCUT2D eigenvalue weighted by atomic mass is 16.6. The van der Waals surface area contributed by atoms with Gasteiger partial charge in [0.05, 0.1) is 12.4 Å². The molecule has 2 aromatic heterocycles. The number of anilines is 1. The molecule has 2 heterocycles. The highest BCUT2D eigenvalue weighted by Crippen LogP contribution is 2.19. The fraction of sp³-hybridized carbons (Fsp3) is 0. The fourth-order valence-corrected chi connectivity index (χ4v) is 2.38. The summed E-state index contributed by atoms with van der Waals surface area (Å²) in [5.41, 5.74) is 2.15. The molecule has 9 heteroatoms. The van der Waals surface area contributed by atoms with Crippen molar-refractivity contribution in [2.24, 2.45) is 0 Å². The van der Waals surface area contributed by atoms with Gasteiger partial charge in [0.15, 0.2) is 17.4 Å². The monoisotopic (exact) mass is 359 g/mol. The van der Waals surface area contributed by atoms with Crippen molar-refractivity contribution in [1.82, 2.24) is 30.6 Å². The van der Waals surface area contributed by atoms with E-state index in [1.165, 1.54) is 12.4 Å². The Morgan fingerprint density at radius 1 is 0.963 bits per heavy atom. The Labute approximate surface area is 153 Å². The number of rotatable bonds is 4. The molecule has 27 heavy (non-hydrogen) atoms. The maximum absolute atomic E-state index is 12.1. The fourth-order valence-electron chi connectivity index (χ4n) is 2.38. The summed E-state index contributed by atoms with van der Waals surface area (Å²) in [4.78, 5) is 20.5. The molecule has 0 aliphatic heterocycles. The summed E-state index contributed by atoms with van der Waals surface area (Å²) < 4.78 is 5.22. The predicted octanol–water partition coefficient (Wildman–Crippen LogP) is 2.93. The Morgan fingerprint density at radius 3 is 2.48 bits per heavy atom. The lowest BCUT2D eigenvalue weighted by Crippen LogP contribution is -2.17.